The monoisotopic (exact) mass is 256 g/mol. The minimum absolute atomic E-state index is 0.360. The number of hydroxylamine groups is 1. The largest absolute Gasteiger partial charge is 0.467 e. The maximum atomic E-state index is 9.20. The molecular weight excluding hydrogens is 244 g/mol. The lowest BCUT2D eigenvalue weighted by Gasteiger charge is -2.04. The molecule has 0 unspecified atom stereocenters. The van der Waals surface area contributed by atoms with Gasteiger partial charge in [0, 0.05) is 10.9 Å². The van der Waals surface area contributed by atoms with Crippen LogP contribution in [0.4, 0.5) is 0 Å². The van der Waals surface area contributed by atoms with E-state index in [1.807, 2.05) is 30.3 Å². The third kappa shape index (κ3) is 2.36. The number of nitrogens with one attached hydrogen (secondary N) is 1. The highest BCUT2D eigenvalue weighted by atomic mass is 16.5. The average Bonchev–Trinajstić information content (AvgIpc) is 3.09. The Hall–Kier alpha value is -2.53. The van der Waals surface area contributed by atoms with Crippen molar-refractivity contribution in [2.45, 2.75) is 6.54 Å². The van der Waals surface area contributed by atoms with E-state index in [4.69, 9.17) is 8.83 Å². The number of fused-ring (bicyclic) bond motifs is 1. The molecule has 2 N–H and O–H groups in total. The van der Waals surface area contributed by atoms with Crippen molar-refractivity contribution >= 4 is 16.8 Å². The molecule has 3 aromatic rings. The predicted molar refractivity (Wildman–Crippen MR) is 70.1 cm³/mol. The third-order valence-electron chi connectivity index (χ3n) is 2.80. The van der Waals surface area contributed by atoms with Gasteiger partial charge in [-0.15, -0.1) is 0 Å². The molecule has 0 saturated heterocycles. The van der Waals surface area contributed by atoms with Crippen molar-refractivity contribution in [1.82, 2.24) is 5.48 Å². The van der Waals surface area contributed by atoms with Crippen molar-refractivity contribution in [3.05, 3.63) is 60.2 Å². The molecule has 0 fully saturated rings. The molecule has 0 radical (unpaired) electrons. The molecular formula is C14H12N2O3. The lowest BCUT2D eigenvalue weighted by atomic mass is 10.1. The summed E-state index contributed by atoms with van der Waals surface area (Å²) in [6, 6.07) is 11.1. The van der Waals surface area contributed by atoms with Gasteiger partial charge in [-0.25, -0.2) is 0 Å². The van der Waals surface area contributed by atoms with E-state index in [1.54, 1.807) is 18.6 Å². The smallest absolute Gasteiger partial charge is 0.152 e. The number of hydrogen-bond donors (Lipinski definition) is 2. The van der Waals surface area contributed by atoms with E-state index in [1.165, 1.54) is 0 Å². The zero-order valence-electron chi connectivity index (χ0n) is 10.0. The molecule has 2 heterocycles. The quantitative estimate of drug-likeness (QED) is 0.429. The van der Waals surface area contributed by atoms with Gasteiger partial charge >= 0.3 is 0 Å². The van der Waals surface area contributed by atoms with E-state index >= 15 is 0 Å². The fourth-order valence-corrected chi connectivity index (χ4v) is 1.86. The van der Waals surface area contributed by atoms with Crippen LogP contribution in [0.1, 0.15) is 11.3 Å². The van der Waals surface area contributed by atoms with Gasteiger partial charge in [-0.1, -0.05) is 0 Å². The summed E-state index contributed by atoms with van der Waals surface area (Å²) in [6.45, 7) is 0.360. The Morgan fingerprint density at radius 3 is 2.89 bits per heavy atom. The number of rotatable bonds is 3. The van der Waals surface area contributed by atoms with Crippen LogP contribution in [0.5, 0.6) is 0 Å². The fourth-order valence-electron chi connectivity index (χ4n) is 1.86. The maximum Gasteiger partial charge on any atom is 0.152 e. The van der Waals surface area contributed by atoms with E-state index in [2.05, 4.69) is 10.5 Å². The summed E-state index contributed by atoms with van der Waals surface area (Å²) in [5.74, 6) is 1.12. The fraction of sp³-hybridized carbons (Fsp3) is 0.0714. The van der Waals surface area contributed by atoms with Gasteiger partial charge in [0.15, 0.2) is 5.84 Å². The molecule has 1 aromatic carbocycles. The van der Waals surface area contributed by atoms with E-state index < -0.39 is 0 Å². The second-order valence-electron chi connectivity index (χ2n) is 4.03. The van der Waals surface area contributed by atoms with Crippen molar-refractivity contribution in [2.24, 2.45) is 4.99 Å². The number of nitrogens with zero attached hydrogens (tertiary/aromatic N) is 1. The Morgan fingerprint density at radius 1 is 1.16 bits per heavy atom. The predicted octanol–water partition coefficient (Wildman–Crippen LogP) is 2.95. The summed E-state index contributed by atoms with van der Waals surface area (Å²) in [7, 11) is 0. The van der Waals surface area contributed by atoms with Crippen LogP contribution in [0.3, 0.4) is 0 Å². The van der Waals surface area contributed by atoms with E-state index in [0.717, 1.165) is 22.3 Å². The minimum Gasteiger partial charge on any atom is -0.467 e. The highest BCUT2D eigenvalue weighted by molar-refractivity contribution is 6.00. The summed E-state index contributed by atoms with van der Waals surface area (Å²) in [5, 5.41) is 10.2. The summed E-state index contributed by atoms with van der Waals surface area (Å²) in [6.07, 6.45) is 3.22. The molecule has 0 bridgehead atoms. The molecule has 96 valence electrons. The van der Waals surface area contributed by atoms with Gasteiger partial charge in [0.05, 0.1) is 19.1 Å². The van der Waals surface area contributed by atoms with Crippen molar-refractivity contribution in [2.75, 3.05) is 0 Å². The third-order valence-corrected chi connectivity index (χ3v) is 2.80. The summed E-state index contributed by atoms with van der Waals surface area (Å²) < 4.78 is 10.5. The van der Waals surface area contributed by atoms with Crippen LogP contribution in [-0.2, 0) is 6.54 Å². The average molecular weight is 256 g/mol. The molecule has 5 nitrogen and oxygen atoms in total. The summed E-state index contributed by atoms with van der Waals surface area (Å²) in [5.41, 5.74) is 3.69. The zero-order chi connectivity index (χ0) is 13.1. The second kappa shape index (κ2) is 4.99. The number of aliphatic imine (C=N–C) groups is 1. The van der Waals surface area contributed by atoms with Gasteiger partial charge in [-0.3, -0.25) is 15.7 Å². The first-order chi connectivity index (χ1) is 9.36. The number of hydrogen-bond acceptors (Lipinski definition) is 4. The molecule has 0 aliphatic rings. The van der Waals surface area contributed by atoms with Crippen molar-refractivity contribution in [3.8, 4) is 0 Å². The van der Waals surface area contributed by atoms with Crippen molar-refractivity contribution in [1.29, 1.82) is 0 Å². The first-order valence-corrected chi connectivity index (χ1v) is 5.81. The normalized spacial score (nSPS) is 11.9. The minimum atomic E-state index is 0.360. The van der Waals surface area contributed by atoms with Crippen LogP contribution >= 0.6 is 0 Å². The van der Waals surface area contributed by atoms with Crippen LogP contribution in [0, 0.1) is 0 Å². The van der Waals surface area contributed by atoms with Crippen LogP contribution < -0.4 is 5.48 Å². The SMILES string of the molecule is ONC(=NCc1ccco1)c1ccc2occc2c1. The number of furan rings is 2. The van der Waals surface area contributed by atoms with Crippen LogP contribution in [-0.4, -0.2) is 11.0 Å². The first-order valence-electron chi connectivity index (χ1n) is 5.81. The molecule has 0 amide bonds. The molecule has 5 heteroatoms. The molecule has 0 spiro atoms. The van der Waals surface area contributed by atoms with E-state index in [0.29, 0.717) is 12.4 Å². The standard InChI is InChI=1S/C14H12N2O3/c17-16-14(15-9-12-2-1-6-18-12)11-3-4-13-10(8-11)5-7-19-13/h1-8,17H,9H2,(H,15,16). The molecule has 0 aliphatic carbocycles. The van der Waals surface area contributed by atoms with Crippen molar-refractivity contribution in [3.63, 3.8) is 0 Å². The number of amidine groups is 1. The lowest BCUT2D eigenvalue weighted by Crippen LogP contribution is -2.20. The highest BCUT2D eigenvalue weighted by Gasteiger charge is 2.05. The van der Waals surface area contributed by atoms with Crippen LogP contribution in [0.2, 0.25) is 0 Å². The summed E-state index contributed by atoms with van der Waals surface area (Å²) >= 11 is 0. The second-order valence-corrected chi connectivity index (χ2v) is 4.03. The Kier molecular flexibility index (Phi) is 3.04. The van der Waals surface area contributed by atoms with E-state index in [-0.39, 0.29) is 0 Å². The van der Waals surface area contributed by atoms with Gasteiger partial charge < -0.3 is 8.83 Å². The highest BCUT2D eigenvalue weighted by Crippen LogP contribution is 2.17. The molecule has 0 saturated carbocycles. The first kappa shape index (κ1) is 11.6. The Bertz CT molecular complexity index is 698. The van der Waals surface area contributed by atoms with Gasteiger partial charge in [-0.2, -0.15) is 0 Å². The molecule has 0 aliphatic heterocycles. The van der Waals surface area contributed by atoms with Crippen molar-refractivity contribution < 1.29 is 14.0 Å². The summed E-state index contributed by atoms with van der Waals surface area (Å²) in [4.78, 5) is 4.28. The Balaban J connectivity index is 1.90. The topological polar surface area (TPSA) is 70.9 Å². The Labute approximate surface area is 109 Å². The Morgan fingerprint density at radius 2 is 2.11 bits per heavy atom. The van der Waals surface area contributed by atoms with Crippen LogP contribution in [0.15, 0.2) is 62.8 Å². The molecule has 2 aromatic heterocycles. The van der Waals surface area contributed by atoms with Gasteiger partial charge in [0.1, 0.15) is 11.3 Å². The zero-order valence-corrected chi connectivity index (χ0v) is 10.0. The molecule has 0 atom stereocenters. The molecule has 19 heavy (non-hydrogen) atoms. The van der Waals surface area contributed by atoms with Gasteiger partial charge in [0.25, 0.3) is 0 Å². The van der Waals surface area contributed by atoms with E-state index in [9.17, 15) is 5.21 Å². The van der Waals surface area contributed by atoms with Crippen LogP contribution in [0.25, 0.3) is 11.0 Å². The van der Waals surface area contributed by atoms with Gasteiger partial charge in [-0.05, 0) is 36.4 Å². The van der Waals surface area contributed by atoms with Gasteiger partial charge in [0.2, 0.25) is 0 Å². The number of benzene rings is 1. The maximum absolute atomic E-state index is 9.20. The molecule has 3 rings (SSSR count). The lowest BCUT2D eigenvalue weighted by molar-refractivity contribution is 0.234.